The average Bonchev–Trinajstić information content (AvgIpc) is 2.67. The third-order valence-corrected chi connectivity index (χ3v) is 5.56. The summed E-state index contributed by atoms with van der Waals surface area (Å²) >= 11 is 6.38. The molecule has 2 amide bonds. The van der Waals surface area contributed by atoms with Gasteiger partial charge in [-0.3, -0.25) is 9.59 Å². The van der Waals surface area contributed by atoms with Gasteiger partial charge in [-0.1, -0.05) is 36.7 Å². The molecule has 0 aliphatic carbocycles. The van der Waals surface area contributed by atoms with Crippen LogP contribution in [0.1, 0.15) is 37.8 Å². The quantitative estimate of drug-likeness (QED) is 0.849. The Hall–Kier alpha value is -1.30. The maximum Gasteiger partial charge on any atom is 0.228 e. The van der Waals surface area contributed by atoms with Crippen molar-refractivity contribution in [3.05, 3.63) is 34.9 Å². The highest BCUT2D eigenvalue weighted by Gasteiger charge is 2.35. The summed E-state index contributed by atoms with van der Waals surface area (Å²) in [6.45, 7) is 5.36. The summed E-state index contributed by atoms with van der Waals surface area (Å²) in [6.07, 6.45) is 2.24. The second kappa shape index (κ2) is 9.58. The van der Waals surface area contributed by atoms with E-state index in [1.807, 2.05) is 41.0 Å². The number of carbonyl (C=O) groups excluding carboxylic acids is 2. The second-order valence-electron chi connectivity index (χ2n) is 6.81. The average molecular weight is 400 g/mol. The third-order valence-electron chi connectivity index (χ3n) is 5.22. The Bertz CT molecular complexity index is 641. The lowest BCUT2D eigenvalue weighted by Gasteiger charge is -2.41. The molecule has 2 atom stereocenters. The molecular weight excluding hydrogens is 373 g/mol. The van der Waals surface area contributed by atoms with Gasteiger partial charge in [0.25, 0.3) is 0 Å². The summed E-state index contributed by atoms with van der Waals surface area (Å²) in [5.41, 5.74) is 0.988. The number of nitrogens with zero attached hydrogens (tertiary/aromatic N) is 2. The number of likely N-dealkylation sites (tertiary alicyclic amines) is 1. The van der Waals surface area contributed by atoms with Crippen LogP contribution in [0.3, 0.4) is 0 Å². The maximum absolute atomic E-state index is 13.2. The number of hydrogen-bond acceptors (Lipinski definition) is 3. The van der Waals surface area contributed by atoms with E-state index in [0.29, 0.717) is 31.1 Å². The Morgan fingerprint density at radius 2 is 2.04 bits per heavy atom. The molecule has 2 heterocycles. The monoisotopic (exact) mass is 399 g/mol. The van der Waals surface area contributed by atoms with Gasteiger partial charge in [-0.15, -0.1) is 12.4 Å². The van der Waals surface area contributed by atoms with Crippen LogP contribution in [0, 0.1) is 5.92 Å². The molecule has 2 saturated heterocycles. The first kappa shape index (κ1) is 21.0. The van der Waals surface area contributed by atoms with Gasteiger partial charge in [0.2, 0.25) is 11.8 Å². The number of piperazine rings is 1. The predicted molar refractivity (Wildman–Crippen MR) is 106 cm³/mol. The van der Waals surface area contributed by atoms with Gasteiger partial charge in [-0.2, -0.15) is 0 Å². The summed E-state index contributed by atoms with van der Waals surface area (Å²) in [5, 5.41) is 4.06. The fourth-order valence-corrected chi connectivity index (χ4v) is 4.12. The van der Waals surface area contributed by atoms with Gasteiger partial charge in [-0.05, 0) is 24.5 Å². The van der Waals surface area contributed by atoms with E-state index in [4.69, 9.17) is 11.6 Å². The van der Waals surface area contributed by atoms with Crippen molar-refractivity contribution in [2.24, 2.45) is 5.92 Å². The molecule has 2 fully saturated rings. The standard InChI is InChI=1S/C19H26ClN3O2.ClH/c1-2-18(24)22-10-5-6-14(13-22)19(25)23-11-9-21-12-17(23)15-7-3-4-8-16(15)20;/h3-4,7-8,14,17,21H,2,5-6,9-13H2,1H3;1H. The molecule has 5 nitrogen and oxygen atoms in total. The summed E-state index contributed by atoms with van der Waals surface area (Å²) in [7, 11) is 0. The molecule has 7 heteroatoms. The predicted octanol–water partition coefficient (Wildman–Crippen LogP) is 2.88. The summed E-state index contributed by atoms with van der Waals surface area (Å²) in [5.74, 6) is 0.188. The molecule has 2 unspecified atom stereocenters. The molecule has 2 aliphatic rings. The van der Waals surface area contributed by atoms with Gasteiger partial charge in [-0.25, -0.2) is 0 Å². The van der Waals surface area contributed by atoms with Gasteiger partial charge < -0.3 is 15.1 Å². The van der Waals surface area contributed by atoms with Gasteiger partial charge in [0.05, 0.1) is 12.0 Å². The zero-order chi connectivity index (χ0) is 17.8. The molecule has 1 aromatic carbocycles. The number of hydrogen-bond donors (Lipinski definition) is 1. The van der Waals surface area contributed by atoms with Crippen molar-refractivity contribution in [3.63, 3.8) is 0 Å². The Kier molecular flexibility index (Phi) is 7.74. The van der Waals surface area contributed by atoms with Crippen molar-refractivity contribution in [2.45, 2.75) is 32.2 Å². The molecule has 0 aromatic heterocycles. The van der Waals surface area contributed by atoms with Crippen molar-refractivity contribution < 1.29 is 9.59 Å². The smallest absolute Gasteiger partial charge is 0.228 e. The zero-order valence-corrected chi connectivity index (χ0v) is 16.7. The minimum Gasteiger partial charge on any atom is -0.342 e. The van der Waals surface area contributed by atoms with Crippen LogP contribution in [-0.4, -0.2) is 54.3 Å². The number of nitrogens with one attached hydrogen (secondary N) is 1. The maximum atomic E-state index is 13.2. The van der Waals surface area contributed by atoms with E-state index in [-0.39, 0.29) is 36.2 Å². The van der Waals surface area contributed by atoms with Gasteiger partial charge >= 0.3 is 0 Å². The first-order valence-corrected chi connectivity index (χ1v) is 9.53. The van der Waals surface area contributed by atoms with E-state index in [0.717, 1.165) is 31.5 Å². The Morgan fingerprint density at radius 1 is 1.27 bits per heavy atom. The van der Waals surface area contributed by atoms with Crippen molar-refractivity contribution >= 4 is 35.8 Å². The molecule has 0 saturated carbocycles. The van der Waals surface area contributed by atoms with Crippen molar-refractivity contribution in [2.75, 3.05) is 32.7 Å². The highest BCUT2D eigenvalue weighted by atomic mass is 35.5. The van der Waals surface area contributed by atoms with Crippen LogP contribution in [0.15, 0.2) is 24.3 Å². The molecule has 2 aliphatic heterocycles. The van der Waals surface area contributed by atoms with Crippen molar-refractivity contribution in [3.8, 4) is 0 Å². The van der Waals surface area contributed by atoms with Gasteiger partial charge in [0, 0.05) is 44.2 Å². The topological polar surface area (TPSA) is 52.7 Å². The van der Waals surface area contributed by atoms with Gasteiger partial charge in [0.15, 0.2) is 0 Å². The van der Waals surface area contributed by atoms with E-state index in [1.54, 1.807) is 0 Å². The van der Waals surface area contributed by atoms with E-state index in [9.17, 15) is 9.59 Å². The zero-order valence-electron chi connectivity index (χ0n) is 15.1. The van der Waals surface area contributed by atoms with Crippen LogP contribution >= 0.6 is 24.0 Å². The Balaban J connectivity index is 0.00000243. The van der Waals surface area contributed by atoms with E-state index >= 15 is 0 Å². The molecular formula is C19H27Cl2N3O2. The largest absolute Gasteiger partial charge is 0.342 e. The van der Waals surface area contributed by atoms with E-state index in [1.165, 1.54) is 0 Å². The van der Waals surface area contributed by atoms with Crippen LogP contribution < -0.4 is 5.32 Å². The van der Waals surface area contributed by atoms with E-state index in [2.05, 4.69) is 5.32 Å². The third kappa shape index (κ3) is 4.51. The Labute approximate surface area is 166 Å². The number of halogens is 2. The SMILES string of the molecule is CCC(=O)N1CCCC(C(=O)N2CCNCC2c2ccccc2Cl)C1.Cl. The van der Waals surface area contributed by atoms with Crippen molar-refractivity contribution in [1.29, 1.82) is 0 Å². The highest BCUT2D eigenvalue weighted by molar-refractivity contribution is 6.31. The summed E-state index contributed by atoms with van der Waals surface area (Å²) in [4.78, 5) is 29.0. The molecule has 1 N–H and O–H groups in total. The molecule has 0 bridgehead atoms. The lowest BCUT2D eigenvalue weighted by molar-refractivity contribution is -0.143. The number of carbonyl (C=O) groups is 2. The number of piperidine rings is 1. The van der Waals surface area contributed by atoms with E-state index < -0.39 is 0 Å². The van der Waals surface area contributed by atoms with Crippen LogP contribution in [0.25, 0.3) is 0 Å². The van der Waals surface area contributed by atoms with Crippen LogP contribution in [0.2, 0.25) is 5.02 Å². The first-order valence-electron chi connectivity index (χ1n) is 9.15. The summed E-state index contributed by atoms with van der Waals surface area (Å²) < 4.78 is 0. The number of rotatable bonds is 3. The van der Waals surface area contributed by atoms with Gasteiger partial charge in [0.1, 0.15) is 0 Å². The van der Waals surface area contributed by atoms with Crippen LogP contribution in [-0.2, 0) is 9.59 Å². The minimum atomic E-state index is -0.104. The molecule has 3 rings (SSSR count). The highest BCUT2D eigenvalue weighted by Crippen LogP contribution is 2.31. The fourth-order valence-electron chi connectivity index (χ4n) is 3.85. The lowest BCUT2D eigenvalue weighted by Crippen LogP contribution is -2.53. The summed E-state index contributed by atoms with van der Waals surface area (Å²) in [6, 6.07) is 7.68. The molecule has 26 heavy (non-hydrogen) atoms. The molecule has 0 spiro atoms. The van der Waals surface area contributed by atoms with Crippen LogP contribution in [0.5, 0.6) is 0 Å². The molecule has 0 radical (unpaired) electrons. The second-order valence-corrected chi connectivity index (χ2v) is 7.21. The number of benzene rings is 1. The first-order chi connectivity index (χ1) is 12.1. The minimum absolute atomic E-state index is 0. The molecule has 1 aromatic rings. The molecule has 144 valence electrons. The Morgan fingerprint density at radius 3 is 2.77 bits per heavy atom. The lowest BCUT2D eigenvalue weighted by atomic mass is 9.94. The number of amides is 2. The normalized spacial score (nSPS) is 23.3. The fraction of sp³-hybridized carbons (Fsp3) is 0.579. The van der Waals surface area contributed by atoms with Crippen molar-refractivity contribution in [1.82, 2.24) is 15.1 Å². The van der Waals surface area contributed by atoms with Crippen LogP contribution in [0.4, 0.5) is 0 Å².